The van der Waals surface area contributed by atoms with Crippen LogP contribution in [-0.4, -0.2) is 42.3 Å². The van der Waals surface area contributed by atoms with Crippen molar-refractivity contribution >= 4 is 29.4 Å². The Labute approximate surface area is 60.4 Å². The predicted octanol–water partition coefficient (Wildman–Crippen LogP) is -1.28. The Morgan fingerprint density at radius 1 is 1.00 bits per heavy atom. The van der Waals surface area contributed by atoms with Crippen molar-refractivity contribution in [2.75, 3.05) is 12.5 Å². The van der Waals surface area contributed by atoms with Crippen molar-refractivity contribution in [1.29, 1.82) is 0 Å². The van der Waals surface area contributed by atoms with E-state index >= 15 is 0 Å². The molecule has 54 valence electrons. The molecule has 0 aliphatic heterocycles. The van der Waals surface area contributed by atoms with Crippen LogP contribution < -0.4 is 0 Å². The average Bonchev–Trinajstić information content (AvgIpc) is 1.14. The van der Waals surface area contributed by atoms with Crippen molar-refractivity contribution in [1.82, 2.24) is 0 Å². The molecule has 0 atom stereocenters. The molecule has 0 radical (unpaired) electrons. The van der Waals surface area contributed by atoms with E-state index in [9.17, 15) is 16.8 Å². The van der Waals surface area contributed by atoms with Crippen LogP contribution >= 0.6 is 0 Å². The quantitative estimate of drug-likeness (QED) is 0.504. The third-order valence-electron chi connectivity index (χ3n) is 0.350. The maximum absolute atomic E-state index is 10.3. The zero-order chi connectivity index (χ0) is 7.71. The summed E-state index contributed by atoms with van der Waals surface area (Å²) in [6, 6.07) is 0. The van der Waals surface area contributed by atoms with E-state index in [0.717, 1.165) is 12.5 Å². The summed E-state index contributed by atoms with van der Waals surface area (Å²) in [6.45, 7) is 0. The SMILES string of the molecule is C[S](=O)(=O)[Al+][S](C)(=O)=O.[H-]. The number of hydrogen-bond donors (Lipinski definition) is 0. The Morgan fingerprint density at radius 2 is 1.22 bits per heavy atom. The summed E-state index contributed by atoms with van der Waals surface area (Å²) in [6.07, 6.45) is 1.84. The molecule has 0 unspecified atom stereocenters. The molecule has 0 amide bonds. The fourth-order valence-electron chi connectivity index (χ4n) is 0.318. The van der Waals surface area contributed by atoms with E-state index in [1.54, 1.807) is 0 Å². The molecule has 0 aromatic carbocycles. The molecule has 7 heteroatoms. The van der Waals surface area contributed by atoms with Crippen molar-refractivity contribution in [3.8, 4) is 0 Å². The van der Waals surface area contributed by atoms with Gasteiger partial charge in [0.05, 0.1) is 0 Å². The summed E-state index contributed by atoms with van der Waals surface area (Å²) < 4.78 is 41.2. The minimum atomic E-state index is -3.29. The minimum Gasteiger partial charge on any atom is -1.00 e. The first-order valence-corrected chi connectivity index (χ1v) is 8.69. The van der Waals surface area contributed by atoms with Crippen LogP contribution in [0.3, 0.4) is 0 Å². The van der Waals surface area contributed by atoms with E-state index in [2.05, 4.69) is 0 Å². The van der Waals surface area contributed by atoms with Crippen LogP contribution in [0.25, 0.3) is 0 Å². The van der Waals surface area contributed by atoms with Gasteiger partial charge in [-0.3, -0.25) is 0 Å². The third kappa shape index (κ3) is 8.43. The molecule has 0 aliphatic carbocycles. The summed E-state index contributed by atoms with van der Waals surface area (Å²) in [7, 11) is -6.57. The van der Waals surface area contributed by atoms with Crippen LogP contribution in [0.1, 0.15) is 1.43 Å². The van der Waals surface area contributed by atoms with Gasteiger partial charge in [0.2, 0.25) is 0 Å². The van der Waals surface area contributed by atoms with E-state index in [-0.39, 0.29) is 1.43 Å². The van der Waals surface area contributed by atoms with E-state index in [1.165, 1.54) is 0 Å². The van der Waals surface area contributed by atoms with Crippen molar-refractivity contribution in [3.63, 3.8) is 0 Å². The summed E-state index contributed by atoms with van der Waals surface area (Å²) in [4.78, 5) is 0. The van der Waals surface area contributed by atoms with Gasteiger partial charge in [0.1, 0.15) is 0 Å². The zero-order valence-electron chi connectivity index (χ0n) is 6.03. The molecular formula is C2H7AlO4S2. The normalized spacial score (nSPS) is 12.7. The first kappa shape index (κ1) is 9.43. The van der Waals surface area contributed by atoms with E-state index in [1.807, 2.05) is 0 Å². The maximum Gasteiger partial charge on any atom is -1.00 e. The average molecular weight is 186 g/mol. The Kier molecular flexibility index (Phi) is 2.71. The molecule has 0 N–H and O–H groups in total. The topological polar surface area (TPSA) is 68.3 Å². The monoisotopic (exact) mass is 186 g/mol. The molecule has 0 aliphatic rings. The van der Waals surface area contributed by atoms with E-state index in [0.29, 0.717) is 0 Å². The molecule has 0 bridgehead atoms. The van der Waals surface area contributed by atoms with E-state index < -0.39 is 29.4 Å². The van der Waals surface area contributed by atoms with Crippen LogP contribution in [-0.2, 0) is 16.4 Å². The van der Waals surface area contributed by atoms with Gasteiger partial charge in [-0.2, -0.15) is 0 Å². The van der Waals surface area contributed by atoms with E-state index in [4.69, 9.17) is 0 Å². The molecule has 0 fully saturated rings. The second-order valence-corrected chi connectivity index (χ2v) is 12.7. The Hall–Kier alpha value is 0.432. The van der Waals surface area contributed by atoms with Gasteiger partial charge < -0.3 is 1.43 Å². The summed E-state index contributed by atoms with van der Waals surface area (Å²) in [5.74, 6) is 0. The Morgan fingerprint density at radius 3 is 1.22 bits per heavy atom. The minimum absolute atomic E-state index is 0. The molecule has 0 saturated heterocycles. The van der Waals surface area contributed by atoms with Crippen LogP contribution in [0.15, 0.2) is 0 Å². The van der Waals surface area contributed by atoms with Gasteiger partial charge in [0, 0.05) is 0 Å². The van der Waals surface area contributed by atoms with Crippen molar-refractivity contribution in [2.24, 2.45) is 0 Å². The van der Waals surface area contributed by atoms with Crippen LogP contribution in [0.5, 0.6) is 0 Å². The van der Waals surface area contributed by atoms with Gasteiger partial charge >= 0.3 is 58.7 Å². The van der Waals surface area contributed by atoms with Gasteiger partial charge in [0.25, 0.3) is 0 Å². The molecule has 0 saturated carbocycles. The van der Waals surface area contributed by atoms with Gasteiger partial charge in [0.15, 0.2) is 0 Å². The predicted molar refractivity (Wildman–Crippen MR) is 36.6 cm³/mol. The molecule has 0 rings (SSSR count). The summed E-state index contributed by atoms with van der Waals surface area (Å²) in [5, 5.41) is 0. The fraction of sp³-hybridized carbons (Fsp3) is 1.00. The summed E-state index contributed by atoms with van der Waals surface area (Å²) >= 11 is -1.49. The zero-order valence-corrected chi connectivity index (χ0v) is 7.81. The molecule has 0 aromatic heterocycles. The van der Waals surface area contributed by atoms with Gasteiger partial charge in [-0.05, 0) is 0 Å². The molecular weight excluding hydrogens is 179 g/mol. The van der Waals surface area contributed by atoms with Crippen molar-refractivity contribution < 1.29 is 18.3 Å². The molecule has 9 heavy (non-hydrogen) atoms. The van der Waals surface area contributed by atoms with Gasteiger partial charge in [-0.15, -0.1) is 0 Å². The molecule has 4 nitrogen and oxygen atoms in total. The van der Waals surface area contributed by atoms with Gasteiger partial charge in [-0.1, -0.05) is 0 Å². The smallest absolute Gasteiger partial charge is 1.00 e. The fourth-order valence-corrected chi connectivity index (χ4v) is 8.57. The van der Waals surface area contributed by atoms with Crippen LogP contribution in [0, 0.1) is 0 Å². The maximum atomic E-state index is 10.3. The second-order valence-electron chi connectivity index (χ2n) is 1.76. The Bertz CT molecular complexity index is 246. The molecule has 0 spiro atoms. The molecule has 0 aromatic rings. The van der Waals surface area contributed by atoms with Gasteiger partial charge in [-0.25, -0.2) is 0 Å². The number of rotatable bonds is 2. The van der Waals surface area contributed by atoms with Crippen LogP contribution in [0.4, 0.5) is 0 Å². The second kappa shape index (κ2) is 2.58. The first-order valence-electron chi connectivity index (χ1n) is 1.95. The standard InChI is InChI=1S/2CH3O2S.Al.H/c2*1-4(2)3;;/h2*1H3;;/q;;+1;-1. The molecule has 0 heterocycles. The third-order valence-corrected chi connectivity index (χ3v) is 9.44. The van der Waals surface area contributed by atoms with Crippen molar-refractivity contribution in [2.45, 2.75) is 0 Å². The van der Waals surface area contributed by atoms with Crippen molar-refractivity contribution in [3.05, 3.63) is 0 Å². The first-order chi connectivity index (χ1) is 3.71. The summed E-state index contributed by atoms with van der Waals surface area (Å²) in [5.41, 5.74) is 0. The largest absolute Gasteiger partial charge is 1.00 e. The van der Waals surface area contributed by atoms with Crippen LogP contribution in [0.2, 0.25) is 0 Å². The Balaban J connectivity index is 0. The number of hydrogen-bond acceptors (Lipinski definition) is 4.